The van der Waals surface area contributed by atoms with Gasteiger partial charge in [0.1, 0.15) is 0 Å². The third kappa shape index (κ3) is 3.99. The molecule has 1 rings (SSSR count). The van der Waals surface area contributed by atoms with Gasteiger partial charge >= 0.3 is 0 Å². The summed E-state index contributed by atoms with van der Waals surface area (Å²) in [5.41, 5.74) is 3.03. The van der Waals surface area contributed by atoms with Crippen molar-refractivity contribution in [1.82, 2.24) is 4.90 Å². The van der Waals surface area contributed by atoms with Gasteiger partial charge in [-0.05, 0) is 57.4 Å². The van der Waals surface area contributed by atoms with E-state index < -0.39 is 0 Å². The van der Waals surface area contributed by atoms with Crippen molar-refractivity contribution in [2.45, 2.75) is 53.5 Å². The highest BCUT2D eigenvalue weighted by atomic mass is 16.2. The first kappa shape index (κ1) is 16.5. The monoisotopic (exact) mass is 276 g/mol. The van der Waals surface area contributed by atoms with E-state index in [9.17, 15) is 4.79 Å². The Morgan fingerprint density at radius 1 is 1.30 bits per heavy atom. The summed E-state index contributed by atoms with van der Waals surface area (Å²) in [6, 6.07) is 6.22. The van der Waals surface area contributed by atoms with Crippen LogP contribution in [-0.4, -0.2) is 29.9 Å². The van der Waals surface area contributed by atoms with Gasteiger partial charge in [-0.15, -0.1) is 0 Å². The lowest BCUT2D eigenvalue weighted by Gasteiger charge is -2.27. The molecule has 20 heavy (non-hydrogen) atoms. The summed E-state index contributed by atoms with van der Waals surface area (Å²) in [6.07, 6.45) is 2.08. The van der Waals surface area contributed by atoms with E-state index in [2.05, 4.69) is 26.1 Å². The lowest BCUT2D eigenvalue weighted by molar-refractivity contribution is 0.0700. The molecule has 0 aliphatic heterocycles. The Kier molecular flexibility index (Phi) is 6.56. The summed E-state index contributed by atoms with van der Waals surface area (Å²) in [7, 11) is 0. The second-order valence-corrected chi connectivity index (χ2v) is 5.30. The van der Waals surface area contributed by atoms with Crippen LogP contribution in [0.25, 0.3) is 0 Å². The van der Waals surface area contributed by atoms with E-state index in [1.165, 1.54) is 0 Å². The Morgan fingerprint density at radius 3 is 2.50 bits per heavy atom. The summed E-state index contributed by atoms with van der Waals surface area (Å²) in [4.78, 5) is 14.5. The van der Waals surface area contributed by atoms with Gasteiger partial charge in [0.05, 0.1) is 0 Å². The van der Waals surface area contributed by atoms with Crippen LogP contribution in [0.15, 0.2) is 18.2 Å². The number of carbonyl (C=O) groups excluding carboxylic acids is 1. The normalized spacial score (nSPS) is 12.1. The Balaban J connectivity index is 2.91. The second-order valence-electron chi connectivity index (χ2n) is 5.30. The lowest BCUT2D eigenvalue weighted by atomic mass is 10.1. The Morgan fingerprint density at radius 2 is 2.00 bits per heavy atom. The maximum Gasteiger partial charge on any atom is 0.254 e. The molecule has 0 saturated heterocycles. The van der Waals surface area contributed by atoms with E-state index in [4.69, 9.17) is 0 Å². The van der Waals surface area contributed by atoms with Gasteiger partial charge in [0.15, 0.2) is 0 Å². The number of benzene rings is 1. The molecule has 0 aliphatic carbocycles. The number of carbonyl (C=O) groups is 1. The Hall–Kier alpha value is -1.51. The number of nitrogens with one attached hydrogen (secondary N) is 1. The largest absolute Gasteiger partial charge is 0.385 e. The zero-order chi connectivity index (χ0) is 15.1. The highest BCUT2D eigenvalue weighted by Crippen LogP contribution is 2.19. The van der Waals surface area contributed by atoms with Crippen LogP contribution >= 0.6 is 0 Å². The van der Waals surface area contributed by atoms with E-state index in [1.807, 2.05) is 36.9 Å². The summed E-state index contributed by atoms with van der Waals surface area (Å²) < 4.78 is 0. The van der Waals surface area contributed by atoms with Gasteiger partial charge in [-0.1, -0.05) is 13.8 Å². The number of hydrogen-bond donors (Lipinski definition) is 1. The summed E-state index contributed by atoms with van der Waals surface area (Å²) >= 11 is 0. The van der Waals surface area contributed by atoms with E-state index in [1.54, 1.807) is 0 Å². The summed E-state index contributed by atoms with van der Waals surface area (Å²) in [6.45, 7) is 12.2. The number of nitrogens with zero attached hydrogens (tertiary/aromatic N) is 1. The minimum absolute atomic E-state index is 0.131. The smallest absolute Gasteiger partial charge is 0.254 e. The van der Waals surface area contributed by atoms with Gasteiger partial charge in [-0.25, -0.2) is 0 Å². The predicted molar refractivity (Wildman–Crippen MR) is 86.4 cm³/mol. The van der Waals surface area contributed by atoms with Crippen molar-refractivity contribution in [3.63, 3.8) is 0 Å². The molecule has 0 aromatic heterocycles. The third-order valence-corrected chi connectivity index (χ3v) is 3.76. The van der Waals surface area contributed by atoms with Crippen LogP contribution in [0.4, 0.5) is 5.69 Å². The molecule has 0 saturated carbocycles. The van der Waals surface area contributed by atoms with Crippen LogP contribution in [0, 0.1) is 6.92 Å². The molecule has 1 unspecified atom stereocenters. The fourth-order valence-corrected chi connectivity index (χ4v) is 2.30. The number of rotatable bonds is 7. The van der Waals surface area contributed by atoms with Gasteiger partial charge in [-0.2, -0.15) is 0 Å². The molecule has 1 amide bonds. The maximum absolute atomic E-state index is 12.6. The van der Waals surface area contributed by atoms with Crippen LogP contribution in [0.3, 0.4) is 0 Å². The van der Waals surface area contributed by atoms with E-state index >= 15 is 0 Å². The predicted octanol–water partition coefficient (Wildman–Crippen LogP) is 4.08. The highest BCUT2D eigenvalue weighted by molar-refractivity contribution is 5.95. The van der Waals surface area contributed by atoms with Crippen molar-refractivity contribution in [2.75, 3.05) is 18.4 Å². The van der Waals surface area contributed by atoms with Crippen molar-refractivity contribution in [1.29, 1.82) is 0 Å². The number of hydrogen-bond acceptors (Lipinski definition) is 2. The molecule has 0 spiro atoms. The van der Waals surface area contributed by atoms with E-state index in [0.717, 1.165) is 42.7 Å². The zero-order valence-corrected chi connectivity index (χ0v) is 13.5. The van der Waals surface area contributed by atoms with Crippen molar-refractivity contribution in [3.05, 3.63) is 29.3 Å². The molecule has 1 aromatic carbocycles. The minimum Gasteiger partial charge on any atom is -0.385 e. The van der Waals surface area contributed by atoms with Crippen LogP contribution in [0.5, 0.6) is 0 Å². The van der Waals surface area contributed by atoms with Crippen molar-refractivity contribution < 1.29 is 4.79 Å². The van der Waals surface area contributed by atoms with Crippen LogP contribution < -0.4 is 5.32 Å². The second kappa shape index (κ2) is 7.93. The average molecular weight is 276 g/mol. The van der Waals surface area contributed by atoms with Crippen LogP contribution in [-0.2, 0) is 0 Å². The highest BCUT2D eigenvalue weighted by Gasteiger charge is 2.19. The van der Waals surface area contributed by atoms with Gasteiger partial charge in [0.2, 0.25) is 0 Å². The molecule has 112 valence electrons. The molecule has 1 atom stereocenters. The molecule has 0 aliphatic rings. The standard InChI is InChI=1S/C17H28N2O/c1-6-11-18-16-10-9-15(12-13(16)4)17(20)19(8-3)14(5)7-2/h9-10,12,14,18H,6-8,11H2,1-5H3. The minimum atomic E-state index is 0.131. The van der Waals surface area contributed by atoms with Crippen LogP contribution in [0.2, 0.25) is 0 Å². The third-order valence-electron chi connectivity index (χ3n) is 3.76. The molecule has 3 heteroatoms. The molecule has 0 fully saturated rings. The first-order valence-electron chi connectivity index (χ1n) is 7.70. The van der Waals surface area contributed by atoms with Crippen LogP contribution in [0.1, 0.15) is 56.5 Å². The molecule has 0 radical (unpaired) electrons. The maximum atomic E-state index is 12.6. The van der Waals surface area contributed by atoms with Gasteiger partial charge in [0, 0.05) is 30.4 Å². The SMILES string of the molecule is CCCNc1ccc(C(=O)N(CC)C(C)CC)cc1C. The van der Waals surface area contributed by atoms with E-state index in [-0.39, 0.29) is 11.9 Å². The van der Waals surface area contributed by atoms with Crippen molar-refractivity contribution >= 4 is 11.6 Å². The molecule has 1 aromatic rings. The van der Waals surface area contributed by atoms with Gasteiger partial charge in [0.25, 0.3) is 5.91 Å². The quantitative estimate of drug-likeness (QED) is 0.814. The number of anilines is 1. The first-order valence-corrected chi connectivity index (χ1v) is 7.70. The summed E-state index contributed by atoms with van der Waals surface area (Å²) in [5, 5.41) is 3.38. The number of amides is 1. The molecule has 0 heterocycles. The molecular weight excluding hydrogens is 248 g/mol. The van der Waals surface area contributed by atoms with Crippen molar-refractivity contribution in [2.24, 2.45) is 0 Å². The molecule has 3 nitrogen and oxygen atoms in total. The zero-order valence-electron chi connectivity index (χ0n) is 13.5. The Bertz CT molecular complexity index is 443. The first-order chi connectivity index (χ1) is 9.54. The summed E-state index contributed by atoms with van der Waals surface area (Å²) in [5.74, 6) is 0.131. The van der Waals surface area contributed by atoms with Gasteiger partial charge in [-0.3, -0.25) is 4.79 Å². The lowest BCUT2D eigenvalue weighted by Crippen LogP contribution is -2.38. The average Bonchev–Trinajstić information content (AvgIpc) is 2.46. The topological polar surface area (TPSA) is 32.3 Å². The fourth-order valence-electron chi connectivity index (χ4n) is 2.30. The molecule has 0 bridgehead atoms. The molecule has 1 N–H and O–H groups in total. The molecular formula is C17H28N2O. The van der Waals surface area contributed by atoms with E-state index in [0.29, 0.717) is 0 Å². The Labute approximate surface area is 123 Å². The fraction of sp³-hybridized carbons (Fsp3) is 0.588. The van der Waals surface area contributed by atoms with Gasteiger partial charge < -0.3 is 10.2 Å². The van der Waals surface area contributed by atoms with Crippen molar-refractivity contribution in [3.8, 4) is 0 Å². The number of aryl methyl sites for hydroxylation is 1.